The van der Waals surface area contributed by atoms with Crippen LogP contribution in [0.25, 0.3) is 0 Å². The lowest BCUT2D eigenvalue weighted by molar-refractivity contribution is -0.0615. The Bertz CT molecular complexity index is 1070. The summed E-state index contributed by atoms with van der Waals surface area (Å²) in [5, 5.41) is 7.37. The van der Waals surface area contributed by atoms with Gasteiger partial charge >= 0.3 is 0 Å². The minimum absolute atomic E-state index is 0.0366. The summed E-state index contributed by atoms with van der Waals surface area (Å²) < 4.78 is 54.2. The highest BCUT2D eigenvalue weighted by Gasteiger charge is 2.31. The van der Waals surface area contributed by atoms with Crippen LogP contribution in [0.15, 0.2) is 29.4 Å². The van der Waals surface area contributed by atoms with Crippen molar-refractivity contribution in [3.8, 4) is 0 Å². The zero-order chi connectivity index (χ0) is 22.1. The van der Waals surface area contributed by atoms with Crippen molar-refractivity contribution in [2.45, 2.75) is 24.5 Å². The Morgan fingerprint density at radius 3 is 2.83 bits per heavy atom. The third-order valence-electron chi connectivity index (χ3n) is 4.33. The zero-order valence-corrected chi connectivity index (χ0v) is 17.3. The number of hydrogen-bond acceptors (Lipinski definition) is 7. The van der Waals surface area contributed by atoms with Gasteiger partial charge in [-0.3, -0.25) is 4.79 Å². The first-order valence-electron chi connectivity index (χ1n) is 8.68. The Morgan fingerprint density at radius 2 is 2.17 bits per heavy atom. The second-order valence-electron chi connectivity index (χ2n) is 6.50. The van der Waals surface area contributed by atoms with Crippen molar-refractivity contribution in [2.24, 2.45) is 5.14 Å². The van der Waals surface area contributed by atoms with Crippen LogP contribution in [0.4, 0.5) is 20.3 Å². The summed E-state index contributed by atoms with van der Waals surface area (Å²) in [4.78, 5) is 22.4. The average molecular weight is 462 g/mol. The largest absolute Gasteiger partial charge is 0.369 e. The van der Waals surface area contributed by atoms with Crippen LogP contribution in [0, 0.1) is 6.92 Å². The van der Waals surface area contributed by atoms with Crippen LogP contribution in [0.2, 0.25) is 5.02 Å². The fourth-order valence-electron chi connectivity index (χ4n) is 2.84. The summed E-state index contributed by atoms with van der Waals surface area (Å²) >= 11 is 6.12. The van der Waals surface area contributed by atoms with E-state index in [-0.39, 0.29) is 41.8 Å². The van der Waals surface area contributed by atoms with Gasteiger partial charge in [-0.25, -0.2) is 32.3 Å². The van der Waals surface area contributed by atoms with E-state index in [0.29, 0.717) is 5.69 Å². The van der Waals surface area contributed by atoms with Gasteiger partial charge in [0.1, 0.15) is 11.9 Å². The van der Waals surface area contributed by atoms with E-state index in [1.165, 1.54) is 23.2 Å². The maximum Gasteiger partial charge on any atom is 0.266 e. The van der Waals surface area contributed by atoms with Crippen LogP contribution in [-0.2, 0) is 14.8 Å². The molecule has 3 rings (SSSR count). The first-order valence-corrected chi connectivity index (χ1v) is 10.6. The zero-order valence-electron chi connectivity index (χ0n) is 15.7. The van der Waals surface area contributed by atoms with Gasteiger partial charge in [-0.15, -0.1) is 0 Å². The molecule has 0 radical (unpaired) electrons. The van der Waals surface area contributed by atoms with Crippen molar-refractivity contribution in [1.29, 1.82) is 0 Å². The Labute approximate surface area is 176 Å². The molecule has 2 aromatic rings. The molecule has 3 heterocycles. The second kappa shape index (κ2) is 8.76. The molecule has 0 spiro atoms. The molecule has 30 heavy (non-hydrogen) atoms. The molecule has 0 aromatic carbocycles. The number of pyridine rings is 2. The van der Waals surface area contributed by atoms with Crippen LogP contribution in [0.1, 0.15) is 16.1 Å². The van der Waals surface area contributed by atoms with E-state index < -0.39 is 33.5 Å². The summed E-state index contributed by atoms with van der Waals surface area (Å²) in [5.41, 5.74) is 0.576. The molecule has 1 aliphatic rings. The average Bonchev–Trinajstić information content (AvgIpc) is 2.69. The third kappa shape index (κ3) is 5.01. The maximum absolute atomic E-state index is 13.1. The van der Waals surface area contributed by atoms with Crippen LogP contribution < -0.4 is 15.4 Å². The lowest BCUT2D eigenvalue weighted by Crippen LogP contribution is -2.46. The number of aromatic nitrogens is 2. The summed E-state index contributed by atoms with van der Waals surface area (Å²) in [7, 11) is -4.07. The molecule has 1 saturated heterocycles. The number of halogens is 3. The number of amides is 1. The molecule has 1 amide bonds. The number of anilines is 2. The van der Waals surface area contributed by atoms with Gasteiger partial charge in [-0.1, -0.05) is 11.6 Å². The maximum atomic E-state index is 13.1. The number of carbonyl (C=O) groups is 1. The minimum Gasteiger partial charge on any atom is -0.369 e. The molecule has 1 fully saturated rings. The van der Waals surface area contributed by atoms with Gasteiger partial charge in [-0.2, -0.15) is 0 Å². The molecule has 9 nitrogen and oxygen atoms in total. The van der Waals surface area contributed by atoms with Crippen molar-refractivity contribution in [2.75, 3.05) is 29.9 Å². The lowest BCUT2D eigenvalue weighted by atomic mass is 10.1. The number of hydrogen-bond donors (Lipinski definition) is 2. The summed E-state index contributed by atoms with van der Waals surface area (Å²) in [6, 6.07) is 3.85. The quantitative estimate of drug-likeness (QED) is 0.694. The van der Waals surface area contributed by atoms with E-state index in [0.717, 1.165) is 6.07 Å². The number of sulfonamides is 1. The van der Waals surface area contributed by atoms with Crippen molar-refractivity contribution in [3.63, 3.8) is 0 Å². The highest BCUT2D eigenvalue weighted by Crippen LogP contribution is 2.28. The lowest BCUT2D eigenvalue weighted by Gasteiger charge is -2.34. The molecule has 1 unspecified atom stereocenters. The van der Waals surface area contributed by atoms with Gasteiger partial charge < -0.3 is 15.0 Å². The number of alkyl halides is 2. The first kappa shape index (κ1) is 22.3. The predicted octanol–water partition coefficient (Wildman–Crippen LogP) is 1.81. The number of primary sulfonamides is 1. The highest BCUT2D eigenvalue weighted by molar-refractivity contribution is 7.89. The van der Waals surface area contributed by atoms with E-state index in [1.807, 2.05) is 0 Å². The molecule has 3 N–H and O–H groups in total. The van der Waals surface area contributed by atoms with E-state index >= 15 is 0 Å². The Hall–Kier alpha value is -2.41. The summed E-state index contributed by atoms with van der Waals surface area (Å²) in [6.45, 7) is 1.76. The number of rotatable bonds is 5. The normalized spacial score (nSPS) is 17.3. The number of nitrogens with zero attached hydrogens (tertiary/aromatic N) is 3. The molecular formula is C17H18ClF2N5O4S. The topological polar surface area (TPSA) is 128 Å². The number of ether oxygens (including phenoxy) is 1. The molecular weight excluding hydrogens is 444 g/mol. The fraction of sp³-hybridized carbons (Fsp3) is 0.353. The third-order valence-corrected chi connectivity index (χ3v) is 5.52. The standard InChI is InChI=1S/C17H18ClF2N5O4S/c1-9-12(18)7-11(16(23-9)25-4-5-29-13(8-25)15(19)20)17(26)24-10-2-3-22-14(6-10)30(21,27)28/h2-3,6-7,13,15H,4-5,8H2,1H3,(H2,21,27,28)(H,22,24,26). The molecule has 0 saturated carbocycles. The summed E-state index contributed by atoms with van der Waals surface area (Å²) in [6.07, 6.45) is -2.83. The van der Waals surface area contributed by atoms with Gasteiger partial charge in [-0.05, 0) is 19.1 Å². The number of nitrogens with two attached hydrogens (primary N) is 1. The molecule has 0 bridgehead atoms. The number of carbonyl (C=O) groups excluding carboxylic acids is 1. The molecule has 1 aliphatic heterocycles. The van der Waals surface area contributed by atoms with E-state index in [9.17, 15) is 22.0 Å². The monoisotopic (exact) mass is 461 g/mol. The fourth-order valence-corrected chi connectivity index (χ4v) is 3.49. The molecule has 1 atom stereocenters. The van der Waals surface area contributed by atoms with Crippen molar-refractivity contribution >= 4 is 39.0 Å². The SMILES string of the molecule is Cc1nc(N2CCOC(C(F)F)C2)c(C(=O)Nc2ccnc(S(N)(=O)=O)c2)cc1Cl. The summed E-state index contributed by atoms with van der Waals surface area (Å²) in [5.74, 6) is -0.491. The molecule has 162 valence electrons. The van der Waals surface area contributed by atoms with Crippen LogP contribution in [0.3, 0.4) is 0 Å². The van der Waals surface area contributed by atoms with Crippen LogP contribution in [0.5, 0.6) is 0 Å². The van der Waals surface area contributed by atoms with Gasteiger partial charge in [0.2, 0.25) is 0 Å². The number of nitrogens with one attached hydrogen (secondary N) is 1. The predicted molar refractivity (Wildman–Crippen MR) is 106 cm³/mol. The van der Waals surface area contributed by atoms with Gasteiger partial charge in [0.15, 0.2) is 5.03 Å². The van der Waals surface area contributed by atoms with Crippen molar-refractivity contribution in [3.05, 3.63) is 40.7 Å². The Morgan fingerprint density at radius 1 is 1.43 bits per heavy atom. The van der Waals surface area contributed by atoms with Crippen molar-refractivity contribution in [1.82, 2.24) is 9.97 Å². The number of morpholine rings is 1. The van der Waals surface area contributed by atoms with Gasteiger partial charge in [0.05, 0.1) is 29.4 Å². The molecule has 13 heteroatoms. The molecule has 0 aliphatic carbocycles. The van der Waals surface area contributed by atoms with Crippen LogP contribution in [-0.4, -0.2) is 56.5 Å². The molecule has 2 aromatic heterocycles. The van der Waals surface area contributed by atoms with Crippen molar-refractivity contribution < 1.29 is 26.7 Å². The van der Waals surface area contributed by atoms with Gasteiger partial charge in [0.25, 0.3) is 22.4 Å². The number of aryl methyl sites for hydroxylation is 1. The minimum atomic E-state index is -4.07. The van der Waals surface area contributed by atoms with E-state index in [2.05, 4.69) is 15.3 Å². The highest BCUT2D eigenvalue weighted by atomic mass is 35.5. The van der Waals surface area contributed by atoms with Crippen LogP contribution >= 0.6 is 11.6 Å². The van der Waals surface area contributed by atoms with Gasteiger partial charge in [0, 0.05) is 24.5 Å². The Balaban J connectivity index is 1.93. The van der Waals surface area contributed by atoms with E-state index in [1.54, 1.807) is 6.92 Å². The van der Waals surface area contributed by atoms with E-state index in [4.69, 9.17) is 21.5 Å². The second-order valence-corrected chi connectivity index (χ2v) is 8.41. The first-order chi connectivity index (χ1) is 14.1. The smallest absolute Gasteiger partial charge is 0.266 e. The Kier molecular flexibility index (Phi) is 6.50.